The van der Waals surface area contributed by atoms with E-state index in [0.29, 0.717) is 11.3 Å². The number of benzene rings is 1. The molecule has 0 fully saturated rings. The molecule has 1 amide bonds. The molecule has 2 aromatic rings. The minimum absolute atomic E-state index is 0.188. The van der Waals surface area contributed by atoms with Crippen LogP contribution in [0.15, 0.2) is 35.7 Å². The van der Waals surface area contributed by atoms with Gasteiger partial charge in [0, 0.05) is 8.67 Å². The maximum atomic E-state index is 12.0. The summed E-state index contributed by atoms with van der Waals surface area (Å²) in [6.45, 7) is 1.86. The fraction of sp³-hybridized carbons (Fsp3) is 0.167. The van der Waals surface area contributed by atoms with Crippen LogP contribution in [0.5, 0.6) is 0 Å². The van der Waals surface area contributed by atoms with E-state index < -0.39 is 10.9 Å². The Balaban J connectivity index is 1.99. The van der Waals surface area contributed by atoms with Crippen LogP contribution >= 0.6 is 22.6 Å². The molecule has 0 unspecified atom stereocenters. The average Bonchev–Trinajstić information content (AvgIpc) is 2.94. The zero-order valence-electron chi connectivity index (χ0n) is 11.4. The molecule has 9 nitrogen and oxygen atoms in total. The molecule has 2 rings (SSSR count). The number of nitrogens with zero attached hydrogens (tertiary/aromatic N) is 5. The third-order valence-corrected chi connectivity index (χ3v) is 3.49. The Morgan fingerprint density at radius 2 is 2.23 bits per heavy atom. The van der Waals surface area contributed by atoms with Crippen molar-refractivity contribution in [3.63, 3.8) is 0 Å². The third kappa shape index (κ3) is 4.07. The molecule has 0 atom stereocenters. The first kappa shape index (κ1) is 16.0. The lowest BCUT2D eigenvalue weighted by atomic mass is 10.2. The Morgan fingerprint density at radius 3 is 2.86 bits per heavy atom. The Morgan fingerprint density at radius 1 is 1.50 bits per heavy atom. The summed E-state index contributed by atoms with van der Waals surface area (Å²) in [7, 11) is 0. The molecule has 1 aromatic heterocycles. The van der Waals surface area contributed by atoms with Crippen molar-refractivity contribution in [3.05, 3.63) is 49.8 Å². The zero-order valence-corrected chi connectivity index (χ0v) is 13.6. The highest BCUT2D eigenvalue weighted by molar-refractivity contribution is 14.1. The second kappa shape index (κ2) is 7.06. The molecule has 0 aliphatic carbocycles. The summed E-state index contributed by atoms with van der Waals surface area (Å²) in [6, 6.07) is 7.12. The number of aromatic nitrogens is 3. The first-order valence-electron chi connectivity index (χ1n) is 6.09. The van der Waals surface area contributed by atoms with Gasteiger partial charge in [0.25, 0.3) is 5.91 Å². The quantitative estimate of drug-likeness (QED) is 0.345. The van der Waals surface area contributed by atoms with Crippen molar-refractivity contribution < 1.29 is 9.72 Å². The number of hydrogen-bond acceptors (Lipinski definition) is 6. The van der Waals surface area contributed by atoms with E-state index in [0.717, 1.165) is 3.57 Å². The third-order valence-electron chi connectivity index (χ3n) is 2.55. The molecule has 1 heterocycles. The molecule has 1 N–H and O–H groups in total. The molecular weight excluding hydrogens is 403 g/mol. The van der Waals surface area contributed by atoms with E-state index in [2.05, 4.69) is 43.2 Å². The lowest BCUT2D eigenvalue weighted by molar-refractivity contribution is -0.394. The summed E-state index contributed by atoms with van der Waals surface area (Å²) < 4.78 is 2.09. The summed E-state index contributed by atoms with van der Waals surface area (Å²) in [5.41, 5.74) is 3.49. The Bertz CT molecular complexity index is 742. The Kier molecular flexibility index (Phi) is 5.14. The number of amides is 1. The Labute approximate surface area is 138 Å². The zero-order chi connectivity index (χ0) is 16.1. The number of carbonyl (C=O) groups is 1. The molecule has 0 saturated heterocycles. The molecule has 0 bridgehead atoms. The minimum atomic E-state index is -0.678. The largest absolute Gasteiger partial charge is 0.490 e. The van der Waals surface area contributed by atoms with Crippen molar-refractivity contribution in [2.24, 2.45) is 5.10 Å². The molecular formula is C12H11IN6O3. The number of halogens is 1. The van der Waals surface area contributed by atoms with E-state index >= 15 is 0 Å². The van der Waals surface area contributed by atoms with Gasteiger partial charge in [-0.2, -0.15) is 9.78 Å². The number of nitro groups is 1. The molecule has 114 valence electrons. The predicted octanol–water partition coefficient (Wildman–Crippen LogP) is 1.60. The van der Waals surface area contributed by atoms with Crippen LogP contribution in [-0.2, 0) is 6.54 Å². The van der Waals surface area contributed by atoms with Crippen molar-refractivity contribution in [2.45, 2.75) is 13.5 Å². The van der Waals surface area contributed by atoms with E-state index in [1.54, 1.807) is 19.1 Å². The molecule has 0 radical (unpaired) electrons. The standard InChI is InChI=1S/C12H11IN6O3/c1-8(6-18-7-14-12(17-18)19(21)22)15-16-11(20)9-4-2-3-5-10(9)13/h2-5,7H,6H2,1H3,(H,16,20). The van der Waals surface area contributed by atoms with Crippen LogP contribution < -0.4 is 5.43 Å². The fourth-order valence-corrected chi connectivity index (χ4v) is 2.20. The number of carbonyl (C=O) groups excluding carboxylic acids is 1. The van der Waals surface area contributed by atoms with Gasteiger partial charge in [-0.15, -0.1) is 0 Å². The number of nitrogens with one attached hydrogen (secondary N) is 1. The summed E-state index contributed by atoms with van der Waals surface area (Å²) in [4.78, 5) is 25.3. The van der Waals surface area contributed by atoms with E-state index in [9.17, 15) is 14.9 Å². The highest BCUT2D eigenvalue weighted by Gasteiger charge is 2.13. The van der Waals surface area contributed by atoms with Crippen molar-refractivity contribution in [3.8, 4) is 0 Å². The summed E-state index contributed by atoms with van der Waals surface area (Å²) in [5, 5.41) is 18.1. The molecule has 22 heavy (non-hydrogen) atoms. The number of hydrazone groups is 1. The summed E-state index contributed by atoms with van der Waals surface area (Å²) in [5.74, 6) is -0.801. The van der Waals surface area contributed by atoms with Gasteiger partial charge in [0.15, 0.2) is 0 Å². The van der Waals surface area contributed by atoms with Crippen LogP contribution in [0.1, 0.15) is 17.3 Å². The van der Waals surface area contributed by atoms with Gasteiger partial charge in [-0.1, -0.05) is 17.1 Å². The summed E-state index contributed by atoms with van der Waals surface area (Å²) in [6.07, 6.45) is 1.24. The number of hydrogen-bond donors (Lipinski definition) is 1. The lowest BCUT2D eigenvalue weighted by Crippen LogP contribution is -2.21. The van der Waals surface area contributed by atoms with Gasteiger partial charge < -0.3 is 10.1 Å². The minimum Gasteiger partial charge on any atom is -0.390 e. The highest BCUT2D eigenvalue weighted by Crippen LogP contribution is 2.10. The van der Waals surface area contributed by atoms with Crippen molar-refractivity contribution in [1.82, 2.24) is 20.2 Å². The van der Waals surface area contributed by atoms with E-state index in [4.69, 9.17) is 0 Å². The van der Waals surface area contributed by atoms with Gasteiger partial charge in [-0.3, -0.25) is 4.79 Å². The maximum absolute atomic E-state index is 12.0. The molecule has 0 spiro atoms. The summed E-state index contributed by atoms with van der Waals surface area (Å²) >= 11 is 2.06. The van der Waals surface area contributed by atoms with Crippen LogP contribution in [0.25, 0.3) is 0 Å². The second-order valence-corrected chi connectivity index (χ2v) is 5.43. The lowest BCUT2D eigenvalue weighted by Gasteiger charge is -2.03. The molecule has 0 aliphatic rings. The van der Waals surface area contributed by atoms with E-state index in [-0.39, 0.29) is 12.5 Å². The first-order valence-corrected chi connectivity index (χ1v) is 7.17. The number of rotatable bonds is 5. The van der Waals surface area contributed by atoms with Gasteiger partial charge in [0.1, 0.15) is 0 Å². The second-order valence-electron chi connectivity index (χ2n) is 4.27. The fourth-order valence-electron chi connectivity index (χ4n) is 1.57. The molecule has 0 aliphatic heterocycles. The van der Waals surface area contributed by atoms with Crippen molar-refractivity contribution >= 4 is 40.2 Å². The van der Waals surface area contributed by atoms with Gasteiger partial charge in [-0.05, 0) is 46.6 Å². The monoisotopic (exact) mass is 414 g/mol. The SMILES string of the molecule is CC(Cn1cnc([N+](=O)[O-])n1)=NNC(=O)c1ccccc1I. The van der Waals surface area contributed by atoms with Gasteiger partial charge >= 0.3 is 5.95 Å². The van der Waals surface area contributed by atoms with Crippen LogP contribution in [0.3, 0.4) is 0 Å². The smallest absolute Gasteiger partial charge is 0.390 e. The maximum Gasteiger partial charge on any atom is 0.490 e. The van der Waals surface area contributed by atoms with Crippen LogP contribution in [-0.4, -0.2) is 31.3 Å². The first-order chi connectivity index (χ1) is 10.5. The predicted molar refractivity (Wildman–Crippen MR) is 86.4 cm³/mol. The van der Waals surface area contributed by atoms with Crippen molar-refractivity contribution in [2.75, 3.05) is 0 Å². The average molecular weight is 414 g/mol. The topological polar surface area (TPSA) is 115 Å². The van der Waals surface area contributed by atoms with Crippen LogP contribution in [0, 0.1) is 13.7 Å². The molecule has 10 heteroatoms. The molecule has 0 saturated carbocycles. The van der Waals surface area contributed by atoms with Crippen molar-refractivity contribution in [1.29, 1.82) is 0 Å². The van der Waals surface area contributed by atoms with Crippen LogP contribution in [0.4, 0.5) is 5.95 Å². The molecule has 1 aromatic carbocycles. The van der Waals surface area contributed by atoms with E-state index in [1.807, 2.05) is 12.1 Å². The normalized spacial score (nSPS) is 11.3. The highest BCUT2D eigenvalue weighted by atomic mass is 127. The van der Waals surface area contributed by atoms with Gasteiger partial charge in [0.05, 0.1) is 17.8 Å². The van der Waals surface area contributed by atoms with Gasteiger partial charge in [0.2, 0.25) is 6.33 Å². The van der Waals surface area contributed by atoms with Gasteiger partial charge in [-0.25, -0.2) is 5.43 Å². The Hall–Kier alpha value is -2.37. The van der Waals surface area contributed by atoms with E-state index in [1.165, 1.54) is 11.0 Å². The van der Waals surface area contributed by atoms with Crippen LogP contribution in [0.2, 0.25) is 0 Å².